The van der Waals surface area contributed by atoms with Gasteiger partial charge < -0.3 is 54.5 Å². The van der Waals surface area contributed by atoms with Crippen molar-refractivity contribution in [1.82, 2.24) is 17.8 Å². The Balaban J connectivity index is 0.000000291. The summed E-state index contributed by atoms with van der Waals surface area (Å²) in [5.41, 5.74) is 3.00. The summed E-state index contributed by atoms with van der Waals surface area (Å²) in [6.07, 6.45) is -3.04. The standard InChI is InChI=1S/C17H26N2O6S.C16H24N2O8S2.2Rh/c1-18-12(5-7-14(18)16(20)21)10-3-2-4-11(9-10)13-6-8-15(17(22)23)19(13)26(24)25;19-15(20)13-6-4-11(17(13)27(23)24)9-2-1-3-10(8-9)12-5-7-14(16(21)22)18(12)28(25)26;;/h2-4,9,12-17,20-23H,5-8H2,1H3,(H,24,25);1-3,8,11-16,19-22H,4-7H2,(H,23,24)(H,25,26);;/p-3/t12-,13-,14+,15+;11-,12-,13+,14+;;/m11../s1. The van der Waals surface area contributed by atoms with Crippen molar-refractivity contribution >= 4 is 33.8 Å². The van der Waals surface area contributed by atoms with Crippen molar-refractivity contribution in [1.29, 1.82) is 0 Å². The van der Waals surface area contributed by atoms with Crippen molar-refractivity contribution in [3.63, 3.8) is 0 Å². The van der Waals surface area contributed by atoms with Gasteiger partial charge in [0.15, 0.2) is 25.2 Å². The Labute approximate surface area is 358 Å². The first-order valence-corrected chi connectivity index (χ1v) is 20.6. The van der Waals surface area contributed by atoms with Crippen LogP contribution in [0, 0.1) is 0 Å². The number of nitrogens with zero attached hydrogens (tertiary/aromatic N) is 4. The van der Waals surface area contributed by atoms with Crippen molar-refractivity contribution in [2.45, 2.75) is 125 Å². The molecule has 4 aliphatic rings. The smallest absolute Gasteiger partial charge is 0.168 e. The summed E-state index contributed by atoms with van der Waals surface area (Å²) < 4.78 is 73.1. The average molecular weight is 1030 g/mol. The third-order valence-electron chi connectivity index (χ3n) is 11.1. The number of aliphatic hydroxyl groups is 8. The number of likely N-dealkylation sites (N-methyl/N-ethyl adjacent to an activating group) is 1. The van der Waals surface area contributed by atoms with Crippen LogP contribution < -0.4 is 0 Å². The molecule has 23 heteroatoms. The van der Waals surface area contributed by atoms with E-state index in [1.54, 1.807) is 24.3 Å². The Bertz CT molecular complexity index is 1600. The molecule has 56 heavy (non-hydrogen) atoms. The van der Waals surface area contributed by atoms with Gasteiger partial charge in [0, 0.05) is 96.9 Å². The molecule has 322 valence electrons. The molecule has 4 fully saturated rings. The van der Waals surface area contributed by atoms with Crippen LogP contribution in [0.3, 0.4) is 0 Å². The number of aliphatic hydroxyl groups excluding tert-OH is 4. The Morgan fingerprint density at radius 1 is 0.482 bits per heavy atom. The maximum Gasteiger partial charge on any atom is 0.168 e. The van der Waals surface area contributed by atoms with Gasteiger partial charge in [-0.25, -0.2) is 12.9 Å². The van der Waals surface area contributed by atoms with Gasteiger partial charge >= 0.3 is 0 Å². The van der Waals surface area contributed by atoms with Crippen LogP contribution in [0.2, 0.25) is 0 Å². The zero-order valence-corrected chi connectivity index (χ0v) is 35.6. The molecule has 8 N–H and O–H groups in total. The molecule has 4 heterocycles. The molecule has 4 aliphatic heterocycles. The Hall–Kier alpha value is -0.463. The summed E-state index contributed by atoms with van der Waals surface area (Å²) in [5, 5.41) is 75.7. The largest absolute Gasteiger partial charge is 0.760 e. The van der Waals surface area contributed by atoms with Gasteiger partial charge in [-0.15, -0.1) is 0 Å². The third-order valence-corrected chi connectivity index (χ3v) is 13.7. The van der Waals surface area contributed by atoms with Crippen LogP contribution >= 0.6 is 0 Å². The molecule has 0 spiro atoms. The summed E-state index contributed by atoms with van der Waals surface area (Å²) in [7, 11) is 1.85. The minimum absolute atomic E-state index is 0. The maximum atomic E-state index is 11.7. The minimum Gasteiger partial charge on any atom is -0.760 e. The first-order valence-electron chi connectivity index (χ1n) is 17.5. The van der Waals surface area contributed by atoms with Crippen molar-refractivity contribution in [3.8, 4) is 0 Å². The molecule has 2 aromatic carbocycles. The SMILES string of the molecule is CN1[C@@H](c2cccc([C@H]3CC[C@@H](C(O)O)N3S(=O)[O-])c2)CC[C@H]1C(O)O.O=S([O-])N1[C@@H](c2cccc([C@H]3CC[C@@H](C(O)O)N3S(=O)[O-])c2)CC[C@H]1C(O)O.[Rh].[Rh]. The van der Waals surface area contributed by atoms with E-state index in [2.05, 4.69) is 0 Å². The van der Waals surface area contributed by atoms with Crippen LogP contribution in [0.4, 0.5) is 0 Å². The van der Waals surface area contributed by atoms with E-state index in [0.717, 1.165) is 30.5 Å². The fourth-order valence-corrected chi connectivity index (χ4v) is 11.2. The second-order valence-corrected chi connectivity index (χ2v) is 16.6. The predicted molar refractivity (Wildman–Crippen MR) is 189 cm³/mol. The van der Waals surface area contributed by atoms with E-state index in [0.29, 0.717) is 43.2 Å². The number of hydrogen-bond donors (Lipinski definition) is 8. The second-order valence-electron chi connectivity index (χ2n) is 14.0. The summed E-state index contributed by atoms with van der Waals surface area (Å²) in [4.78, 5) is 1.93. The van der Waals surface area contributed by atoms with Crippen molar-refractivity contribution < 1.29 is 106 Å². The molecule has 0 aromatic heterocycles. The molecule has 11 atom stereocenters. The zero-order chi connectivity index (χ0) is 39.6. The van der Waals surface area contributed by atoms with Gasteiger partial charge in [-0.3, -0.25) is 17.5 Å². The number of hydrogen-bond acceptors (Lipinski definition) is 15. The van der Waals surface area contributed by atoms with Crippen molar-refractivity contribution in [2.75, 3.05) is 7.05 Å². The molecule has 18 nitrogen and oxygen atoms in total. The van der Waals surface area contributed by atoms with Gasteiger partial charge in [-0.2, -0.15) is 0 Å². The van der Waals surface area contributed by atoms with Gasteiger partial charge in [0.1, 0.15) is 0 Å². The van der Waals surface area contributed by atoms with Gasteiger partial charge in [0.05, 0.1) is 24.2 Å². The van der Waals surface area contributed by atoms with Crippen LogP contribution in [-0.4, -0.2) is 141 Å². The van der Waals surface area contributed by atoms with Crippen LogP contribution in [0.15, 0.2) is 48.5 Å². The summed E-state index contributed by atoms with van der Waals surface area (Å²) in [6, 6.07) is 9.67. The van der Waals surface area contributed by atoms with Gasteiger partial charge in [-0.1, -0.05) is 48.5 Å². The molecule has 4 saturated heterocycles. The van der Waals surface area contributed by atoms with Crippen LogP contribution in [-0.2, 0) is 72.8 Å². The summed E-state index contributed by atoms with van der Waals surface area (Å²) >= 11 is -7.90. The molecule has 2 radical (unpaired) electrons. The van der Waals surface area contributed by atoms with Crippen LogP contribution in [0.1, 0.15) is 97.8 Å². The van der Waals surface area contributed by atoms with E-state index >= 15 is 0 Å². The van der Waals surface area contributed by atoms with E-state index in [1.807, 2.05) is 36.2 Å². The molecular weight excluding hydrogens is 978 g/mol. The maximum absolute atomic E-state index is 11.7. The molecule has 0 aliphatic carbocycles. The van der Waals surface area contributed by atoms with Crippen LogP contribution in [0.25, 0.3) is 0 Å². The first kappa shape index (κ1) is 49.9. The fraction of sp³-hybridized carbons (Fsp3) is 0.636. The van der Waals surface area contributed by atoms with E-state index in [4.69, 9.17) is 0 Å². The predicted octanol–water partition coefficient (Wildman–Crippen LogP) is -1.35. The number of rotatable bonds is 11. The third kappa shape index (κ3) is 11.1. The van der Waals surface area contributed by atoms with Crippen LogP contribution in [0.5, 0.6) is 0 Å². The summed E-state index contributed by atoms with van der Waals surface area (Å²) in [5.74, 6) is 0. The molecule has 0 amide bonds. The molecule has 3 unspecified atom stereocenters. The molecular formula is C33H47N4O14Rh2S3-3. The van der Waals surface area contributed by atoms with E-state index in [9.17, 15) is 67.1 Å². The van der Waals surface area contributed by atoms with Gasteiger partial charge in [0.25, 0.3) is 0 Å². The Kier molecular flexibility index (Phi) is 19.5. The Morgan fingerprint density at radius 3 is 0.982 bits per heavy atom. The van der Waals surface area contributed by atoms with Crippen molar-refractivity contribution in [2.24, 2.45) is 0 Å². The van der Waals surface area contributed by atoms with E-state index in [-0.39, 0.29) is 63.9 Å². The Morgan fingerprint density at radius 2 is 0.732 bits per heavy atom. The average Bonchev–Trinajstić information content (AvgIpc) is 3.92. The summed E-state index contributed by atoms with van der Waals surface area (Å²) in [6.45, 7) is 0. The number of likely N-dealkylation sites (tertiary alicyclic amines) is 1. The first-order chi connectivity index (χ1) is 25.5. The normalized spacial score (nSPS) is 30.7. The fourth-order valence-electron chi connectivity index (χ4n) is 8.54. The zero-order valence-electron chi connectivity index (χ0n) is 29.9. The molecule has 2 aromatic rings. The van der Waals surface area contributed by atoms with Gasteiger partial charge in [-0.05, 0) is 80.7 Å². The quantitative estimate of drug-likeness (QED) is 0.0734. The topological polar surface area (TPSA) is 295 Å². The van der Waals surface area contributed by atoms with E-state index in [1.165, 1.54) is 0 Å². The van der Waals surface area contributed by atoms with E-state index < -0.39 is 95.2 Å². The molecule has 0 saturated carbocycles. The van der Waals surface area contributed by atoms with Crippen molar-refractivity contribution in [3.05, 3.63) is 70.8 Å². The monoisotopic (exact) mass is 1030 g/mol. The van der Waals surface area contributed by atoms with Gasteiger partial charge in [0.2, 0.25) is 0 Å². The number of benzene rings is 2. The second kappa shape index (κ2) is 21.9. The minimum atomic E-state index is -2.67. The molecule has 6 rings (SSSR count). The molecule has 0 bridgehead atoms.